The highest BCUT2D eigenvalue weighted by Crippen LogP contribution is 2.25. The standard InChI is InChI=1S/C23H16ClN7O3/c24-17-4-2-16(20(12-17)31(33)34)14-29-21(32)9-3-15-13-25-23(28-22(15)29)27-18-5-7-19(8-6-18)30-11-1-10-26-30/h1-13H,14H2,(H,25,27,28). The Labute approximate surface area is 197 Å². The predicted octanol–water partition coefficient (Wildman–Crippen LogP) is 4.33. The van der Waals surface area contributed by atoms with Gasteiger partial charge in [0.25, 0.3) is 11.2 Å². The summed E-state index contributed by atoms with van der Waals surface area (Å²) in [4.78, 5) is 32.5. The largest absolute Gasteiger partial charge is 0.324 e. The topological polar surface area (TPSA) is 121 Å². The van der Waals surface area contributed by atoms with Gasteiger partial charge in [0.05, 0.1) is 17.2 Å². The molecule has 5 aromatic rings. The van der Waals surface area contributed by atoms with E-state index in [-0.39, 0.29) is 28.8 Å². The van der Waals surface area contributed by atoms with E-state index in [0.29, 0.717) is 16.6 Å². The number of nitrogens with zero attached hydrogens (tertiary/aromatic N) is 6. The number of hydrogen-bond donors (Lipinski definition) is 1. The maximum atomic E-state index is 12.7. The summed E-state index contributed by atoms with van der Waals surface area (Å²) in [5.41, 5.74) is 1.82. The van der Waals surface area contributed by atoms with Crippen LogP contribution in [0.1, 0.15) is 5.56 Å². The van der Waals surface area contributed by atoms with Gasteiger partial charge >= 0.3 is 0 Å². The maximum absolute atomic E-state index is 12.7. The lowest BCUT2D eigenvalue weighted by Gasteiger charge is -2.12. The number of nitrogens with one attached hydrogen (secondary N) is 1. The van der Waals surface area contributed by atoms with E-state index in [1.165, 1.54) is 22.8 Å². The Balaban J connectivity index is 1.49. The van der Waals surface area contributed by atoms with Crippen molar-refractivity contribution in [3.05, 3.63) is 110 Å². The molecule has 10 nitrogen and oxygen atoms in total. The molecule has 0 aliphatic carbocycles. The molecule has 0 aliphatic heterocycles. The van der Waals surface area contributed by atoms with Crippen LogP contribution < -0.4 is 10.9 Å². The van der Waals surface area contributed by atoms with Crippen LogP contribution in [-0.2, 0) is 6.54 Å². The Morgan fingerprint density at radius 1 is 1.09 bits per heavy atom. The Kier molecular flexibility index (Phi) is 5.48. The van der Waals surface area contributed by atoms with E-state index >= 15 is 0 Å². The van der Waals surface area contributed by atoms with Crippen LogP contribution in [0.5, 0.6) is 0 Å². The van der Waals surface area contributed by atoms with Gasteiger partial charge in [-0.2, -0.15) is 10.1 Å². The highest BCUT2D eigenvalue weighted by Gasteiger charge is 2.17. The number of nitro groups is 1. The zero-order chi connectivity index (χ0) is 23.7. The molecule has 11 heteroatoms. The fraction of sp³-hybridized carbons (Fsp3) is 0.0435. The first-order chi connectivity index (χ1) is 16.5. The second kappa shape index (κ2) is 8.75. The smallest absolute Gasteiger partial charge is 0.275 e. The summed E-state index contributed by atoms with van der Waals surface area (Å²) < 4.78 is 3.12. The van der Waals surface area contributed by atoms with Gasteiger partial charge in [0.1, 0.15) is 5.65 Å². The number of nitro benzene ring substituents is 1. The monoisotopic (exact) mass is 473 g/mol. The van der Waals surface area contributed by atoms with Crippen LogP contribution in [-0.4, -0.2) is 29.2 Å². The summed E-state index contributed by atoms with van der Waals surface area (Å²) >= 11 is 5.92. The highest BCUT2D eigenvalue weighted by atomic mass is 35.5. The number of rotatable bonds is 6. The molecule has 5 rings (SSSR count). The van der Waals surface area contributed by atoms with Crippen LogP contribution in [0.4, 0.5) is 17.3 Å². The summed E-state index contributed by atoms with van der Waals surface area (Å²) in [7, 11) is 0. The maximum Gasteiger partial charge on any atom is 0.275 e. The first-order valence-electron chi connectivity index (χ1n) is 10.1. The van der Waals surface area contributed by atoms with Gasteiger partial charge in [0.15, 0.2) is 0 Å². The van der Waals surface area contributed by atoms with Crippen molar-refractivity contribution in [2.45, 2.75) is 6.54 Å². The molecule has 2 aromatic carbocycles. The average Bonchev–Trinajstić information content (AvgIpc) is 3.37. The van der Waals surface area contributed by atoms with E-state index in [0.717, 1.165) is 11.4 Å². The highest BCUT2D eigenvalue weighted by molar-refractivity contribution is 6.30. The van der Waals surface area contributed by atoms with Crippen LogP contribution in [0.2, 0.25) is 5.02 Å². The molecule has 0 aliphatic rings. The SMILES string of the molecule is O=c1ccc2cnc(Nc3ccc(-n4cccn4)cc3)nc2n1Cc1ccc(Cl)cc1[N+](=O)[O-]. The lowest BCUT2D eigenvalue weighted by molar-refractivity contribution is -0.385. The number of hydrogen-bond acceptors (Lipinski definition) is 7. The molecule has 0 saturated heterocycles. The van der Waals surface area contributed by atoms with Crippen molar-refractivity contribution in [1.82, 2.24) is 24.3 Å². The fourth-order valence-electron chi connectivity index (χ4n) is 3.54. The number of benzene rings is 2. The fourth-order valence-corrected chi connectivity index (χ4v) is 3.71. The molecule has 0 spiro atoms. The minimum Gasteiger partial charge on any atom is -0.324 e. The molecular weight excluding hydrogens is 458 g/mol. The third-order valence-electron chi connectivity index (χ3n) is 5.19. The van der Waals surface area contributed by atoms with E-state index in [4.69, 9.17) is 11.6 Å². The molecule has 0 bridgehead atoms. The zero-order valence-corrected chi connectivity index (χ0v) is 18.3. The Morgan fingerprint density at radius 2 is 1.91 bits per heavy atom. The van der Waals surface area contributed by atoms with Crippen LogP contribution in [0.25, 0.3) is 16.7 Å². The molecule has 0 saturated carbocycles. The number of fused-ring (bicyclic) bond motifs is 1. The second-order valence-corrected chi connectivity index (χ2v) is 7.82. The van der Waals surface area contributed by atoms with Crippen molar-refractivity contribution in [2.75, 3.05) is 5.32 Å². The van der Waals surface area contributed by atoms with Gasteiger partial charge < -0.3 is 5.32 Å². The van der Waals surface area contributed by atoms with Gasteiger partial charge in [-0.3, -0.25) is 19.5 Å². The van der Waals surface area contributed by atoms with E-state index in [1.807, 2.05) is 36.5 Å². The summed E-state index contributed by atoms with van der Waals surface area (Å²) in [5, 5.41) is 19.7. The van der Waals surface area contributed by atoms with E-state index in [1.54, 1.807) is 29.2 Å². The normalized spacial score (nSPS) is 11.0. The number of halogens is 1. The molecule has 3 heterocycles. The first-order valence-corrected chi connectivity index (χ1v) is 10.5. The molecule has 3 aromatic heterocycles. The van der Waals surface area contributed by atoms with E-state index in [2.05, 4.69) is 20.4 Å². The minimum absolute atomic E-state index is 0.0430. The Morgan fingerprint density at radius 3 is 2.65 bits per heavy atom. The second-order valence-electron chi connectivity index (χ2n) is 7.38. The van der Waals surface area contributed by atoms with Gasteiger partial charge in [-0.15, -0.1) is 0 Å². The van der Waals surface area contributed by atoms with Crippen LogP contribution in [0, 0.1) is 10.1 Å². The first kappa shape index (κ1) is 21.3. The van der Waals surface area contributed by atoms with Gasteiger partial charge in [-0.05, 0) is 48.5 Å². The van der Waals surface area contributed by atoms with Crippen molar-refractivity contribution >= 4 is 40.0 Å². The molecule has 168 valence electrons. The van der Waals surface area contributed by atoms with Crippen LogP contribution in [0.3, 0.4) is 0 Å². The molecule has 0 atom stereocenters. The van der Waals surface area contributed by atoms with E-state index in [9.17, 15) is 14.9 Å². The number of anilines is 2. The number of aromatic nitrogens is 5. The van der Waals surface area contributed by atoms with Crippen LogP contribution in [0.15, 0.2) is 84.0 Å². The van der Waals surface area contributed by atoms with Crippen molar-refractivity contribution in [3.8, 4) is 5.69 Å². The van der Waals surface area contributed by atoms with Crippen molar-refractivity contribution < 1.29 is 4.92 Å². The lowest BCUT2D eigenvalue weighted by Crippen LogP contribution is -2.21. The molecular formula is C23H16ClN7O3. The molecule has 0 amide bonds. The molecule has 34 heavy (non-hydrogen) atoms. The van der Waals surface area contributed by atoms with E-state index < -0.39 is 4.92 Å². The minimum atomic E-state index is -0.522. The average molecular weight is 474 g/mol. The summed E-state index contributed by atoms with van der Waals surface area (Å²) in [6.45, 7) is -0.0430. The van der Waals surface area contributed by atoms with Gasteiger partial charge in [-0.1, -0.05) is 11.6 Å². The molecule has 0 radical (unpaired) electrons. The van der Waals surface area contributed by atoms with Crippen molar-refractivity contribution in [3.63, 3.8) is 0 Å². The van der Waals surface area contributed by atoms with Gasteiger partial charge in [0, 0.05) is 52.4 Å². The summed E-state index contributed by atoms with van der Waals surface area (Å²) in [6.07, 6.45) is 5.14. The Hall–Kier alpha value is -4.57. The van der Waals surface area contributed by atoms with Crippen molar-refractivity contribution in [1.29, 1.82) is 0 Å². The van der Waals surface area contributed by atoms with Gasteiger partial charge in [0.2, 0.25) is 5.95 Å². The lowest BCUT2D eigenvalue weighted by atomic mass is 10.1. The van der Waals surface area contributed by atoms with Crippen LogP contribution >= 0.6 is 11.6 Å². The predicted molar refractivity (Wildman–Crippen MR) is 128 cm³/mol. The molecule has 0 unspecified atom stereocenters. The molecule has 0 fully saturated rings. The summed E-state index contributed by atoms with van der Waals surface area (Å²) in [5.74, 6) is 0.282. The third kappa shape index (κ3) is 4.21. The van der Waals surface area contributed by atoms with Gasteiger partial charge in [-0.25, -0.2) is 9.67 Å². The molecule has 1 N–H and O–H groups in total. The zero-order valence-electron chi connectivity index (χ0n) is 17.5. The quantitative estimate of drug-likeness (QED) is 0.288. The Bertz CT molecular complexity index is 1560. The van der Waals surface area contributed by atoms with Crippen molar-refractivity contribution in [2.24, 2.45) is 0 Å². The number of pyridine rings is 1. The summed E-state index contributed by atoms with van der Waals surface area (Å²) in [6, 6.07) is 16.7. The third-order valence-corrected chi connectivity index (χ3v) is 5.42.